The third kappa shape index (κ3) is 4.78. The minimum Gasteiger partial charge on any atom is -0.461 e. The zero-order valence-corrected chi connectivity index (χ0v) is 20.8. The molecule has 0 saturated carbocycles. The number of piperidine rings is 2. The Labute approximate surface area is 212 Å². The smallest absolute Gasteiger partial charge is 0.229 e. The van der Waals surface area contributed by atoms with Gasteiger partial charge in [-0.1, -0.05) is 36.9 Å². The second-order valence-corrected chi connectivity index (χ2v) is 9.82. The first kappa shape index (κ1) is 23.9. The quantitative estimate of drug-likeness (QED) is 0.505. The summed E-state index contributed by atoms with van der Waals surface area (Å²) in [7, 11) is 0. The van der Waals surface area contributed by atoms with Crippen molar-refractivity contribution in [3.63, 3.8) is 0 Å². The molecule has 0 atom stereocenters. The molecule has 2 fully saturated rings. The number of nitrogens with zero attached hydrogens (tertiary/aromatic N) is 4. The number of anilines is 1. The number of carbonyl (C=O) groups is 1. The highest BCUT2D eigenvalue weighted by Crippen LogP contribution is 2.42. The second kappa shape index (κ2) is 10.0. The standard InChI is InChI=1S/C29H33N5O2/c1-21(18-30)36-22(2)24-8-5-7-23(17-24)20-34-14-6-11-29(28(34)35)12-15-33(16-13-29)27-19-31-25-9-3-4-10-26(25)32-27/h3-5,7-10,17-19H,2,6,11-16,20,30H2,1H3/b21-18-. The molecule has 3 aromatic rings. The zero-order valence-electron chi connectivity index (χ0n) is 20.8. The van der Waals surface area contributed by atoms with Crippen LogP contribution in [0.5, 0.6) is 0 Å². The van der Waals surface area contributed by atoms with E-state index in [2.05, 4.69) is 22.5 Å². The number of ether oxygens (including phenoxy) is 1. The molecule has 3 heterocycles. The van der Waals surface area contributed by atoms with Crippen LogP contribution >= 0.6 is 0 Å². The number of likely N-dealkylation sites (tertiary alicyclic amines) is 1. The van der Waals surface area contributed by atoms with Crippen LogP contribution in [0.25, 0.3) is 16.8 Å². The summed E-state index contributed by atoms with van der Waals surface area (Å²) in [5.74, 6) is 2.31. The van der Waals surface area contributed by atoms with Gasteiger partial charge in [-0.2, -0.15) is 0 Å². The van der Waals surface area contributed by atoms with Crippen molar-refractivity contribution in [2.24, 2.45) is 11.1 Å². The predicted molar refractivity (Wildman–Crippen MR) is 143 cm³/mol. The fraction of sp³-hybridized carbons (Fsp3) is 0.345. The molecule has 2 aliphatic rings. The van der Waals surface area contributed by atoms with Gasteiger partial charge in [0.2, 0.25) is 5.91 Å². The molecule has 2 aliphatic heterocycles. The number of aromatic nitrogens is 2. The normalized spacial score (nSPS) is 18.0. The van der Waals surface area contributed by atoms with Crippen LogP contribution in [0.2, 0.25) is 0 Å². The van der Waals surface area contributed by atoms with E-state index in [1.165, 1.54) is 6.20 Å². The monoisotopic (exact) mass is 483 g/mol. The molecule has 1 spiro atoms. The van der Waals surface area contributed by atoms with Crippen molar-refractivity contribution < 1.29 is 9.53 Å². The van der Waals surface area contributed by atoms with E-state index in [4.69, 9.17) is 15.5 Å². The van der Waals surface area contributed by atoms with Gasteiger partial charge in [-0.05, 0) is 56.4 Å². The number of carbonyl (C=O) groups excluding carboxylic acids is 1. The highest BCUT2D eigenvalue weighted by Gasteiger charge is 2.45. The molecule has 5 rings (SSSR count). The average Bonchev–Trinajstić information content (AvgIpc) is 2.91. The third-order valence-corrected chi connectivity index (χ3v) is 7.45. The maximum Gasteiger partial charge on any atom is 0.229 e. The van der Waals surface area contributed by atoms with E-state index >= 15 is 0 Å². The van der Waals surface area contributed by atoms with Crippen LogP contribution in [0, 0.1) is 5.41 Å². The minimum atomic E-state index is -0.285. The number of rotatable bonds is 6. The summed E-state index contributed by atoms with van der Waals surface area (Å²) in [4.78, 5) is 27.4. The molecule has 1 aromatic heterocycles. The SMILES string of the molecule is C=C(O/C(C)=C\N)c1cccc(CN2CCCC3(CCN(c4cnc5ccccc5n4)CC3)C2=O)c1. The highest BCUT2D eigenvalue weighted by atomic mass is 16.5. The number of hydrogen-bond acceptors (Lipinski definition) is 6. The summed E-state index contributed by atoms with van der Waals surface area (Å²) in [5.41, 5.74) is 8.99. The van der Waals surface area contributed by atoms with Crippen molar-refractivity contribution in [3.05, 3.63) is 84.4 Å². The number of fused-ring (bicyclic) bond motifs is 1. The van der Waals surface area contributed by atoms with Crippen LogP contribution in [0.4, 0.5) is 5.82 Å². The summed E-state index contributed by atoms with van der Waals surface area (Å²) < 4.78 is 5.66. The lowest BCUT2D eigenvalue weighted by Gasteiger charge is -2.46. The van der Waals surface area contributed by atoms with E-state index in [0.29, 0.717) is 18.1 Å². The molecule has 186 valence electrons. The molecule has 2 N–H and O–H groups in total. The van der Waals surface area contributed by atoms with E-state index < -0.39 is 0 Å². The fourth-order valence-electron chi connectivity index (χ4n) is 5.38. The lowest BCUT2D eigenvalue weighted by molar-refractivity contribution is -0.148. The van der Waals surface area contributed by atoms with Gasteiger partial charge < -0.3 is 20.3 Å². The van der Waals surface area contributed by atoms with Gasteiger partial charge in [0.15, 0.2) is 0 Å². The number of para-hydroxylation sites is 2. The van der Waals surface area contributed by atoms with Crippen LogP contribution < -0.4 is 10.6 Å². The molecule has 0 aliphatic carbocycles. The average molecular weight is 484 g/mol. The Morgan fingerprint density at radius 3 is 2.67 bits per heavy atom. The maximum atomic E-state index is 13.7. The van der Waals surface area contributed by atoms with Gasteiger partial charge in [-0.15, -0.1) is 0 Å². The van der Waals surface area contributed by atoms with E-state index in [1.54, 1.807) is 6.92 Å². The number of hydrogen-bond donors (Lipinski definition) is 1. The first-order valence-electron chi connectivity index (χ1n) is 12.6. The van der Waals surface area contributed by atoms with Gasteiger partial charge in [0.1, 0.15) is 17.3 Å². The van der Waals surface area contributed by atoms with E-state index in [0.717, 1.165) is 73.3 Å². The maximum absolute atomic E-state index is 13.7. The van der Waals surface area contributed by atoms with Crippen molar-refractivity contribution in [2.75, 3.05) is 24.5 Å². The Morgan fingerprint density at radius 2 is 1.89 bits per heavy atom. The van der Waals surface area contributed by atoms with Gasteiger partial charge in [-0.25, -0.2) is 4.98 Å². The van der Waals surface area contributed by atoms with Gasteiger partial charge in [0, 0.05) is 37.9 Å². The van der Waals surface area contributed by atoms with Crippen LogP contribution in [-0.4, -0.2) is 40.4 Å². The molecule has 7 heteroatoms. The first-order chi connectivity index (χ1) is 17.5. The third-order valence-electron chi connectivity index (χ3n) is 7.45. The van der Waals surface area contributed by atoms with Crippen molar-refractivity contribution in [1.29, 1.82) is 0 Å². The summed E-state index contributed by atoms with van der Waals surface area (Å²) >= 11 is 0. The largest absolute Gasteiger partial charge is 0.461 e. The van der Waals surface area contributed by atoms with Crippen LogP contribution in [0.3, 0.4) is 0 Å². The number of nitrogens with two attached hydrogens (primary N) is 1. The summed E-state index contributed by atoms with van der Waals surface area (Å²) in [5, 5.41) is 0. The zero-order chi connectivity index (χ0) is 25.1. The number of allylic oxidation sites excluding steroid dienone is 1. The summed E-state index contributed by atoms with van der Waals surface area (Å²) in [6, 6.07) is 16.0. The Kier molecular flexibility index (Phi) is 6.63. The Bertz CT molecular complexity index is 1310. The minimum absolute atomic E-state index is 0.278. The molecular formula is C29H33N5O2. The number of amides is 1. The molecule has 36 heavy (non-hydrogen) atoms. The first-order valence-corrected chi connectivity index (χ1v) is 12.6. The van der Waals surface area contributed by atoms with E-state index in [9.17, 15) is 4.79 Å². The molecule has 2 aromatic carbocycles. The van der Waals surface area contributed by atoms with Gasteiger partial charge in [-0.3, -0.25) is 9.78 Å². The molecule has 0 radical (unpaired) electrons. The molecule has 0 bridgehead atoms. The van der Waals surface area contributed by atoms with Crippen molar-refractivity contribution in [3.8, 4) is 0 Å². The Hall–Kier alpha value is -3.87. The van der Waals surface area contributed by atoms with Gasteiger partial charge in [0.05, 0.1) is 22.6 Å². The number of benzene rings is 2. The lowest BCUT2D eigenvalue weighted by atomic mass is 9.71. The van der Waals surface area contributed by atoms with Crippen molar-refractivity contribution in [2.45, 2.75) is 39.2 Å². The molecule has 2 saturated heterocycles. The molecular weight excluding hydrogens is 450 g/mol. The summed E-state index contributed by atoms with van der Waals surface area (Å²) in [6.07, 6.45) is 6.92. The predicted octanol–water partition coefficient (Wildman–Crippen LogP) is 4.85. The van der Waals surface area contributed by atoms with Crippen LogP contribution in [0.1, 0.15) is 43.7 Å². The molecule has 7 nitrogen and oxygen atoms in total. The summed E-state index contributed by atoms with van der Waals surface area (Å²) in [6.45, 7) is 8.81. The van der Waals surface area contributed by atoms with E-state index in [-0.39, 0.29) is 11.3 Å². The molecule has 0 unspecified atom stereocenters. The van der Waals surface area contributed by atoms with Gasteiger partial charge in [0.25, 0.3) is 0 Å². The highest BCUT2D eigenvalue weighted by molar-refractivity contribution is 5.84. The van der Waals surface area contributed by atoms with Gasteiger partial charge >= 0.3 is 0 Å². The Morgan fingerprint density at radius 1 is 1.11 bits per heavy atom. The fourth-order valence-corrected chi connectivity index (χ4v) is 5.38. The second-order valence-electron chi connectivity index (χ2n) is 9.82. The molecule has 1 amide bonds. The van der Waals surface area contributed by atoms with Crippen molar-refractivity contribution in [1.82, 2.24) is 14.9 Å². The van der Waals surface area contributed by atoms with Crippen molar-refractivity contribution >= 4 is 28.5 Å². The van der Waals surface area contributed by atoms with E-state index in [1.807, 2.05) is 53.6 Å². The Balaban J connectivity index is 1.25. The van der Waals surface area contributed by atoms with Crippen LogP contribution in [-0.2, 0) is 16.1 Å². The topological polar surface area (TPSA) is 84.6 Å². The van der Waals surface area contributed by atoms with Crippen LogP contribution in [0.15, 0.2) is 73.3 Å². The lowest BCUT2D eigenvalue weighted by Crippen LogP contribution is -2.53.